The first-order valence-electron chi connectivity index (χ1n) is 7.25. The average Bonchev–Trinajstić information content (AvgIpc) is 2.58. The zero-order valence-corrected chi connectivity index (χ0v) is 13.2. The third kappa shape index (κ3) is 6.08. The summed E-state index contributed by atoms with van der Waals surface area (Å²) in [6.07, 6.45) is -4.53. The monoisotopic (exact) mass is 371 g/mol. The number of rotatable bonds is 6. The van der Waals surface area contributed by atoms with Crippen LogP contribution in [-0.2, 0) is 20.5 Å². The quantitative estimate of drug-likeness (QED) is 0.624. The number of carbonyl (C=O) groups is 2. The summed E-state index contributed by atoms with van der Waals surface area (Å²) in [6, 6.07) is 9.09. The first-order chi connectivity index (χ1) is 12.2. The van der Waals surface area contributed by atoms with E-state index in [1.807, 2.05) is 0 Å². The van der Waals surface area contributed by atoms with Gasteiger partial charge in [0.25, 0.3) is 5.91 Å². The van der Waals surface area contributed by atoms with Crippen molar-refractivity contribution >= 4 is 17.6 Å². The first kappa shape index (κ1) is 19.2. The second-order valence-electron chi connectivity index (χ2n) is 5.03. The van der Waals surface area contributed by atoms with Gasteiger partial charge in [-0.2, -0.15) is 13.2 Å². The van der Waals surface area contributed by atoms with Gasteiger partial charge in [0.05, 0.1) is 5.56 Å². The van der Waals surface area contributed by atoms with Gasteiger partial charge < -0.3 is 14.8 Å². The van der Waals surface area contributed by atoms with Crippen LogP contribution in [0, 0.1) is 5.82 Å². The van der Waals surface area contributed by atoms with Crippen LogP contribution in [0.5, 0.6) is 5.75 Å². The molecule has 0 heterocycles. The molecule has 2 aromatic carbocycles. The van der Waals surface area contributed by atoms with Crippen LogP contribution in [0.2, 0.25) is 0 Å². The molecule has 0 atom stereocenters. The van der Waals surface area contributed by atoms with E-state index in [1.165, 1.54) is 24.3 Å². The lowest BCUT2D eigenvalue weighted by molar-refractivity contribution is -0.149. The molecule has 2 rings (SSSR count). The normalized spacial score (nSPS) is 10.9. The number of ether oxygens (including phenoxy) is 2. The zero-order valence-electron chi connectivity index (χ0n) is 13.2. The molecule has 2 aromatic rings. The van der Waals surface area contributed by atoms with Crippen molar-refractivity contribution in [1.82, 2.24) is 0 Å². The van der Waals surface area contributed by atoms with Crippen LogP contribution in [0.15, 0.2) is 48.5 Å². The smallest absolute Gasteiger partial charge is 0.416 e. The Morgan fingerprint density at radius 3 is 2.42 bits per heavy atom. The highest BCUT2D eigenvalue weighted by Crippen LogP contribution is 2.31. The molecular weight excluding hydrogens is 358 g/mol. The van der Waals surface area contributed by atoms with E-state index in [4.69, 9.17) is 4.74 Å². The third-order valence-corrected chi connectivity index (χ3v) is 2.99. The molecule has 0 saturated carbocycles. The Hall–Kier alpha value is -3.10. The Morgan fingerprint density at radius 1 is 1.00 bits per heavy atom. The summed E-state index contributed by atoms with van der Waals surface area (Å²) in [5, 5.41) is 2.31. The van der Waals surface area contributed by atoms with Crippen LogP contribution in [0.1, 0.15) is 5.56 Å². The minimum Gasteiger partial charge on any atom is -0.482 e. The molecule has 0 aliphatic heterocycles. The minimum atomic E-state index is -4.53. The second-order valence-corrected chi connectivity index (χ2v) is 5.03. The molecule has 0 spiro atoms. The number of hydrogen-bond acceptors (Lipinski definition) is 4. The van der Waals surface area contributed by atoms with Crippen molar-refractivity contribution in [3.8, 4) is 5.75 Å². The minimum absolute atomic E-state index is 0.166. The van der Waals surface area contributed by atoms with Crippen LogP contribution < -0.4 is 10.1 Å². The molecule has 1 amide bonds. The van der Waals surface area contributed by atoms with Crippen molar-refractivity contribution < 1.29 is 36.6 Å². The number of carbonyl (C=O) groups excluding carboxylic acids is 2. The summed E-state index contributed by atoms with van der Waals surface area (Å²) in [5.41, 5.74) is -0.732. The van der Waals surface area contributed by atoms with Crippen LogP contribution in [0.4, 0.5) is 23.2 Å². The molecule has 9 heteroatoms. The molecule has 0 saturated heterocycles. The summed E-state index contributed by atoms with van der Waals surface area (Å²) < 4.78 is 60.2. The molecule has 0 aliphatic carbocycles. The maximum Gasteiger partial charge on any atom is 0.416 e. The lowest BCUT2D eigenvalue weighted by Crippen LogP contribution is -2.23. The highest BCUT2D eigenvalue weighted by atomic mass is 19.4. The van der Waals surface area contributed by atoms with Gasteiger partial charge in [-0.15, -0.1) is 0 Å². The zero-order chi connectivity index (χ0) is 19.2. The predicted octanol–water partition coefficient (Wildman–Crippen LogP) is 3.41. The van der Waals surface area contributed by atoms with Gasteiger partial charge >= 0.3 is 12.1 Å². The Kier molecular flexibility index (Phi) is 6.16. The summed E-state index contributed by atoms with van der Waals surface area (Å²) in [5.74, 6) is -2.37. The van der Waals surface area contributed by atoms with E-state index in [-0.39, 0.29) is 11.4 Å². The number of nitrogens with one attached hydrogen (secondary N) is 1. The lowest BCUT2D eigenvalue weighted by Gasteiger charge is -2.10. The van der Waals surface area contributed by atoms with Crippen molar-refractivity contribution in [2.45, 2.75) is 6.18 Å². The summed E-state index contributed by atoms with van der Waals surface area (Å²) in [6.45, 7) is -1.32. The van der Waals surface area contributed by atoms with Gasteiger partial charge in [-0.3, -0.25) is 4.79 Å². The van der Waals surface area contributed by atoms with Crippen LogP contribution in [0.25, 0.3) is 0 Å². The van der Waals surface area contributed by atoms with E-state index >= 15 is 0 Å². The second kappa shape index (κ2) is 8.32. The molecule has 1 N–H and O–H groups in total. The molecule has 0 radical (unpaired) electrons. The highest BCUT2D eigenvalue weighted by molar-refractivity contribution is 5.92. The van der Waals surface area contributed by atoms with Crippen molar-refractivity contribution in [3.63, 3.8) is 0 Å². The van der Waals surface area contributed by atoms with Gasteiger partial charge in [0.1, 0.15) is 11.6 Å². The standard InChI is InChI=1S/C17H13F4NO4/c18-12-4-2-5-13(8-12)22-15(23)9-26-16(24)10-25-14-6-1-3-11(7-14)17(19,20)21/h1-8H,9-10H2,(H,22,23). The van der Waals surface area contributed by atoms with E-state index in [9.17, 15) is 27.2 Å². The molecule has 26 heavy (non-hydrogen) atoms. The van der Waals surface area contributed by atoms with Gasteiger partial charge in [0, 0.05) is 5.69 Å². The summed E-state index contributed by atoms with van der Waals surface area (Å²) in [4.78, 5) is 23.1. The fourth-order valence-corrected chi connectivity index (χ4v) is 1.86. The predicted molar refractivity (Wildman–Crippen MR) is 82.9 cm³/mol. The largest absolute Gasteiger partial charge is 0.482 e. The maximum absolute atomic E-state index is 13.0. The number of amides is 1. The average molecular weight is 371 g/mol. The SMILES string of the molecule is O=C(COC(=O)COc1cccc(C(F)(F)F)c1)Nc1cccc(F)c1. The number of alkyl halides is 3. The summed E-state index contributed by atoms with van der Waals surface area (Å²) >= 11 is 0. The van der Waals surface area contributed by atoms with E-state index in [1.54, 1.807) is 0 Å². The molecule has 138 valence electrons. The fourth-order valence-electron chi connectivity index (χ4n) is 1.86. The molecule has 5 nitrogen and oxygen atoms in total. The van der Waals surface area contributed by atoms with Gasteiger partial charge in [-0.05, 0) is 36.4 Å². The number of hydrogen-bond donors (Lipinski definition) is 1. The topological polar surface area (TPSA) is 64.6 Å². The maximum atomic E-state index is 13.0. The van der Waals surface area contributed by atoms with Crippen molar-refractivity contribution in [2.24, 2.45) is 0 Å². The van der Waals surface area contributed by atoms with E-state index < -0.39 is 42.6 Å². The molecule has 0 bridgehead atoms. The number of benzene rings is 2. The van der Waals surface area contributed by atoms with Crippen molar-refractivity contribution in [1.29, 1.82) is 0 Å². The fraction of sp³-hybridized carbons (Fsp3) is 0.176. The summed E-state index contributed by atoms with van der Waals surface area (Å²) in [7, 11) is 0. The molecule has 0 unspecified atom stereocenters. The van der Waals surface area contributed by atoms with E-state index in [2.05, 4.69) is 10.1 Å². The van der Waals surface area contributed by atoms with Crippen LogP contribution in [0.3, 0.4) is 0 Å². The number of halogens is 4. The van der Waals surface area contributed by atoms with Crippen LogP contribution >= 0.6 is 0 Å². The van der Waals surface area contributed by atoms with Crippen molar-refractivity contribution in [3.05, 3.63) is 59.9 Å². The first-order valence-corrected chi connectivity index (χ1v) is 7.25. The number of esters is 1. The van der Waals surface area contributed by atoms with Gasteiger partial charge in [0.2, 0.25) is 0 Å². The number of anilines is 1. The Labute approximate surface area is 145 Å². The highest BCUT2D eigenvalue weighted by Gasteiger charge is 2.30. The van der Waals surface area contributed by atoms with Gasteiger partial charge in [-0.1, -0.05) is 12.1 Å². The van der Waals surface area contributed by atoms with Gasteiger partial charge in [0.15, 0.2) is 13.2 Å². The molecule has 0 aliphatic rings. The van der Waals surface area contributed by atoms with E-state index in [0.717, 1.165) is 24.3 Å². The van der Waals surface area contributed by atoms with Gasteiger partial charge in [-0.25, -0.2) is 9.18 Å². The van der Waals surface area contributed by atoms with E-state index in [0.29, 0.717) is 0 Å². The lowest BCUT2D eigenvalue weighted by atomic mass is 10.2. The van der Waals surface area contributed by atoms with Crippen molar-refractivity contribution in [2.75, 3.05) is 18.5 Å². The molecule has 0 fully saturated rings. The third-order valence-electron chi connectivity index (χ3n) is 2.99. The Balaban J connectivity index is 1.78. The Morgan fingerprint density at radius 2 is 1.73 bits per heavy atom. The van der Waals surface area contributed by atoms with Crippen LogP contribution in [-0.4, -0.2) is 25.1 Å². The molecular formula is C17H13F4NO4. The molecule has 0 aromatic heterocycles. The Bertz CT molecular complexity index is 792.